The molecule has 142 valence electrons. The largest absolute Gasteiger partial charge is 0.346 e. The van der Waals surface area contributed by atoms with Crippen LogP contribution in [0.2, 0.25) is 0 Å². The molecule has 0 aromatic heterocycles. The monoisotopic (exact) mass is 383 g/mol. The van der Waals surface area contributed by atoms with Crippen LogP contribution in [0.4, 0.5) is 0 Å². The van der Waals surface area contributed by atoms with Crippen LogP contribution >= 0.6 is 16.1 Å². The molecule has 25 heavy (non-hydrogen) atoms. The third kappa shape index (κ3) is 2.74. The highest BCUT2D eigenvalue weighted by atomic mass is 31.1. The van der Waals surface area contributed by atoms with Crippen LogP contribution < -0.4 is 0 Å². The summed E-state index contributed by atoms with van der Waals surface area (Å²) in [5, 5.41) is 0. The lowest BCUT2D eigenvalue weighted by Gasteiger charge is -2.35. The van der Waals surface area contributed by atoms with Gasteiger partial charge in [-0.3, -0.25) is 4.58 Å². The molecule has 4 nitrogen and oxygen atoms in total. The van der Waals surface area contributed by atoms with Crippen molar-refractivity contribution in [2.24, 2.45) is 0 Å². The van der Waals surface area contributed by atoms with Gasteiger partial charge in [0.05, 0.1) is 26.2 Å². The molecule has 0 aromatic carbocycles. The van der Waals surface area contributed by atoms with E-state index in [1.165, 1.54) is 11.7 Å². The van der Waals surface area contributed by atoms with Gasteiger partial charge >= 0.3 is 0 Å². The Labute approximate surface area is 157 Å². The molecule has 0 aliphatic carbocycles. The SMILES string of the molecule is CC1C(C)N(P(C)C)C2=CC3=[N+](C(C)C(C)N21)C(C)C(C)N3P(C)C. The Hall–Kier alpha value is -0.330. The molecule has 3 rings (SSSR count). The summed E-state index contributed by atoms with van der Waals surface area (Å²) < 4.78 is 8.13. The molecule has 0 saturated carbocycles. The molecular formula is C19H37N4P2+. The standard InChI is InChI=1S/C19H37N4P2/c1-12-13(2)21-15(4)17(6)23(25(9)10)19(21)11-18-20(12)14(3)16(5)22(18)24(7)8/h11-17H,1-10H3/q+1. The number of amidine groups is 1. The summed E-state index contributed by atoms with van der Waals surface area (Å²) in [6.07, 6.45) is 2.53. The maximum atomic E-state index is 2.71. The van der Waals surface area contributed by atoms with Gasteiger partial charge in [0.2, 0.25) is 0 Å². The lowest BCUT2D eigenvalue weighted by molar-refractivity contribution is -0.592. The molecule has 6 atom stereocenters. The Morgan fingerprint density at radius 1 is 0.720 bits per heavy atom. The maximum absolute atomic E-state index is 2.71. The molecule has 0 aromatic rings. The zero-order valence-corrected chi connectivity index (χ0v) is 19.5. The lowest BCUT2D eigenvalue weighted by atomic mass is 10.0. The van der Waals surface area contributed by atoms with Gasteiger partial charge < -0.3 is 9.57 Å². The van der Waals surface area contributed by atoms with Gasteiger partial charge in [-0.25, -0.2) is 4.67 Å². The zero-order valence-electron chi connectivity index (χ0n) is 17.7. The highest BCUT2D eigenvalue weighted by molar-refractivity contribution is 7.54. The summed E-state index contributed by atoms with van der Waals surface area (Å²) >= 11 is 0. The van der Waals surface area contributed by atoms with Gasteiger partial charge in [0.1, 0.15) is 23.9 Å². The van der Waals surface area contributed by atoms with E-state index in [1.54, 1.807) is 0 Å². The molecule has 0 radical (unpaired) electrons. The van der Waals surface area contributed by atoms with Gasteiger partial charge in [0.25, 0.3) is 5.84 Å². The van der Waals surface area contributed by atoms with Crippen molar-refractivity contribution in [1.29, 1.82) is 0 Å². The lowest BCUT2D eigenvalue weighted by Crippen LogP contribution is -2.48. The van der Waals surface area contributed by atoms with Gasteiger partial charge in [-0.05, 0) is 76.3 Å². The molecule has 3 aliphatic heterocycles. The molecule has 0 N–H and O–H groups in total. The average molecular weight is 383 g/mol. The summed E-state index contributed by atoms with van der Waals surface area (Å²) in [5.74, 6) is 2.94. The predicted molar refractivity (Wildman–Crippen MR) is 113 cm³/mol. The summed E-state index contributed by atoms with van der Waals surface area (Å²) in [7, 11) is -0.295. The van der Waals surface area contributed by atoms with E-state index in [2.05, 4.69) is 93.1 Å². The second-order valence-corrected chi connectivity index (χ2v) is 12.8. The van der Waals surface area contributed by atoms with E-state index in [0.717, 1.165) is 0 Å². The molecular weight excluding hydrogens is 346 g/mol. The maximum Gasteiger partial charge on any atom is 0.278 e. The van der Waals surface area contributed by atoms with Crippen molar-refractivity contribution in [2.45, 2.75) is 77.8 Å². The summed E-state index contributed by atoms with van der Waals surface area (Å²) in [5.41, 5.74) is 0. The molecule has 6 unspecified atom stereocenters. The Bertz CT molecular complexity index is 600. The van der Waals surface area contributed by atoms with Crippen LogP contribution in [-0.4, -0.2) is 87.6 Å². The molecule has 0 spiro atoms. The van der Waals surface area contributed by atoms with Crippen molar-refractivity contribution in [2.75, 3.05) is 26.7 Å². The number of rotatable bonds is 2. The van der Waals surface area contributed by atoms with Gasteiger partial charge in [-0.15, -0.1) is 0 Å². The molecule has 6 heteroatoms. The molecule has 1 fully saturated rings. The van der Waals surface area contributed by atoms with Crippen molar-refractivity contribution in [3.8, 4) is 0 Å². The Kier molecular flexibility index (Phi) is 5.19. The third-order valence-corrected chi connectivity index (χ3v) is 9.60. The molecule has 0 amide bonds. The topological polar surface area (TPSA) is 12.7 Å². The Morgan fingerprint density at radius 2 is 1.24 bits per heavy atom. The van der Waals surface area contributed by atoms with Crippen LogP contribution in [0.15, 0.2) is 11.9 Å². The minimum absolute atomic E-state index is 0.148. The fourth-order valence-electron chi connectivity index (χ4n) is 5.10. The van der Waals surface area contributed by atoms with Crippen LogP contribution in [0.25, 0.3) is 0 Å². The van der Waals surface area contributed by atoms with E-state index >= 15 is 0 Å². The van der Waals surface area contributed by atoms with Crippen molar-refractivity contribution in [3.63, 3.8) is 0 Å². The smallest absolute Gasteiger partial charge is 0.278 e. The first-order chi connectivity index (χ1) is 11.6. The van der Waals surface area contributed by atoms with E-state index < -0.39 is 0 Å². The van der Waals surface area contributed by atoms with Gasteiger partial charge in [-0.2, -0.15) is 0 Å². The van der Waals surface area contributed by atoms with Crippen LogP contribution in [0.5, 0.6) is 0 Å². The van der Waals surface area contributed by atoms with Crippen LogP contribution in [0, 0.1) is 0 Å². The number of fused-ring (bicyclic) bond motifs is 1. The summed E-state index contributed by atoms with van der Waals surface area (Å²) in [4.78, 5) is 2.71. The second kappa shape index (κ2) is 6.68. The molecule has 3 aliphatic rings. The normalized spacial score (nSPS) is 38.6. The van der Waals surface area contributed by atoms with Crippen LogP contribution in [0.3, 0.4) is 0 Å². The second-order valence-electron chi connectivity index (χ2n) is 8.50. The van der Waals surface area contributed by atoms with Crippen molar-refractivity contribution < 1.29 is 4.58 Å². The van der Waals surface area contributed by atoms with Crippen molar-refractivity contribution in [1.82, 2.24) is 14.2 Å². The predicted octanol–water partition coefficient (Wildman–Crippen LogP) is 3.83. The number of hydrogen-bond donors (Lipinski definition) is 0. The fraction of sp³-hybridized carbons (Fsp3) is 0.842. The summed E-state index contributed by atoms with van der Waals surface area (Å²) in [6.45, 7) is 24.1. The first kappa shape index (κ1) is 19.4. The van der Waals surface area contributed by atoms with Crippen LogP contribution in [0.1, 0.15) is 41.5 Å². The summed E-state index contributed by atoms with van der Waals surface area (Å²) in [6, 6.07) is 3.36. The van der Waals surface area contributed by atoms with Crippen molar-refractivity contribution >= 4 is 22.0 Å². The van der Waals surface area contributed by atoms with Gasteiger partial charge in [0.15, 0.2) is 0 Å². The Morgan fingerprint density at radius 3 is 1.76 bits per heavy atom. The number of nitrogens with zero attached hydrogens (tertiary/aromatic N) is 4. The highest BCUT2D eigenvalue weighted by Gasteiger charge is 2.52. The quantitative estimate of drug-likeness (QED) is 0.531. The Balaban J connectivity index is 2.19. The average Bonchev–Trinajstić information content (AvgIpc) is 2.86. The van der Waals surface area contributed by atoms with E-state index in [-0.39, 0.29) is 16.1 Å². The fourth-order valence-corrected chi connectivity index (χ4v) is 8.09. The first-order valence-electron chi connectivity index (χ1n) is 9.67. The van der Waals surface area contributed by atoms with E-state index in [1.807, 2.05) is 0 Å². The van der Waals surface area contributed by atoms with Crippen LogP contribution in [-0.2, 0) is 0 Å². The minimum atomic E-state index is -0.148. The van der Waals surface area contributed by atoms with Crippen molar-refractivity contribution in [3.05, 3.63) is 11.9 Å². The minimum Gasteiger partial charge on any atom is -0.346 e. The van der Waals surface area contributed by atoms with E-state index in [9.17, 15) is 0 Å². The van der Waals surface area contributed by atoms with Gasteiger partial charge in [0, 0.05) is 6.04 Å². The van der Waals surface area contributed by atoms with Gasteiger partial charge in [-0.1, -0.05) is 0 Å². The zero-order chi connectivity index (χ0) is 18.8. The van der Waals surface area contributed by atoms with E-state index in [4.69, 9.17) is 0 Å². The molecule has 1 saturated heterocycles. The number of hydrogen-bond acceptors (Lipinski definition) is 3. The molecule has 0 bridgehead atoms. The molecule has 3 heterocycles. The van der Waals surface area contributed by atoms with E-state index in [0.29, 0.717) is 36.3 Å². The third-order valence-electron chi connectivity index (χ3n) is 6.74. The highest BCUT2D eigenvalue weighted by Crippen LogP contribution is 2.49. The first-order valence-corrected chi connectivity index (χ1v) is 14.1.